The zero-order valence-corrected chi connectivity index (χ0v) is 11.1. The number of aromatic nitrogens is 1. The molecule has 2 unspecified atom stereocenters. The van der Waals surface area contributed by atoms with Gasteiger partial charge in [0.25, 0.3) is 0 Å². The molecule has 0 radical (unpaired) electrons. The van der Waals surface area contributed by atoms with Crippen molar-refractivity contribution in [2.75, 3.05) is 18.0 Å². The number of aryl methyl sites for hydroxylation is 1. The van der Waals surface area contributed by atoms with Gasteiger partial charge in [-0.05, 0) is 31.4 Å². The molecule has 1 aromatic heterocycles. The van der Waals surface area contributed by atoms with Gasteiger partial charge in [-0.1, -0.05) is 13.8 Å². The molecular formula is C14H23N3. The Morgan fingerprint density at radius 1 is 1.35 bits per heavy atom. The van der Waals surface area contributed by atoms with Crippen LogP contribution < -0.4 is 10.2 Å². The fourth-order valence-electron chi connectivity index (χ4n) is 2.51. The third-order valence-corrected chi connectivity index (χ3v) is 3.66. The van der Waals surface area contributed by atoms with Gasteiger partial charge in [0.15, 0.2) is 0 Å². The molecule has 3 heteroatoms. The van der Waals surface area contributed by atoms with E-state index in [2.05, 4.69) is 42.0 Å². The second kappa shape index (κ2) is 5.50. The third kappa shape index (κ3) is 2.78. The molecule has 17 heavy (non-hydrogen) atoms. The minimum atomic E-state index is 0.599. The Morgan fingerprint density at radius 3 is 2.82 bits per heavy atom. The first-order valence-electron chi connectivity index (χ1n) is 6.66. The predicted molar refractivity (Wildman–Crippen MR) is 72.5 cm³/mol. The van der Waals surface area contributed by atoms with Gasteiger partial charge < -0.3 is 10.2 Å². The molecule has 1 aromatic rings. The second-order valence-corrected chi connectivity index (χ2v) is 4.95. The molecule has 2 rings (SSSR count). The summed E-state index contributed by atoms with van der Waals surface area (Å²) in [5.74, 6) is 0. The molecule has 1 N–H and O–H groups in total. The quantitative estimate of drug-likeness (QED) is 0.868. The van der Waals surface area contributed by atoms with Crippen molar-refractivity contribution in [3.8, 4) is 0 Å². The third-order valence-electron chi connectivity index (χ3n) is 3.66. The van der Waals surface area contributed by atoms with Gasteiger partial charge in [-0.25, -0.2) is 0 Å². The van der Waals surface area contributed by atoms with Crippen molar-refractivity contribution in [1.29, 1.82) is 0 Å². The molecular weight excluding hydrogens is 210 g/mol. The van der Waals surface area contributed by atoms with E-state index in [1.54, 1.807) is 0 Å². The Kier molecular flexibility index (Phi) is 4.00. The highest BCUT2D eigenvalue weighted by atomic mass is 15.2. The van der Waals surface area contributed by atoms with Crippen LogP contribution in [0.4, 0.5) is 5.69 Å². The topological polar surface area (TPSA) is 28.2 Å². The lowest BCUT2D eigenvalue weighted by atomic mass is 10.0. The van der Waals surface area contributed by atoms with E-state index in [1.165, 1.54) is 24.1 Å². The van der Waals surface area contributed by atoms with Crippen molar-refractivity contribution < 1.29 is 0 Å². The van der Waals surface area contributed by atoms with Crippen LogP contribution in [0.1, 0.15) is 32.3 Å². The molecule has 0 aromatic carbocycles. The summed E-state index contributed by atoms with van der Waals surface area (Å²) in [4.78, 5) is 6.84. The molecule has 0 amide bonds. The molecule has 0 aliphatic carbocycles. The first kappa shape index (κ1) is 12.4. The first-order valence-corrected chi connectivity index (χ1v) is 6.66. The van der Waals surface area contributed by atoms with Crippen LogP contribution in [-0.2, 0) is 0 Å². The number of hydrogen-bond donors (Lipinski definition) is 1. The highest BCUT2D eigenvalue weighted by Crippen LogP contribution is 2.22. The lowest BCUT2D eigenvalue weighted by molar-refractivity contribution is 0.378. The first-order chi connectivity index (χ1) is 8.24. The van der Waals surface area contributed by atoms with E-state index in [0.29, 0.717) is 12.1 Å². The van der Waals surface area contributed by atoms with E-state index in [1.807, 2.05) is 12.4 Å². The molecule has 1 aliphatic heterocycles. The van der Waals surface area contributed by atoms with Crippen LogP contribution >= 0.6 is 0 Å². The Balaban J connectivity index is 2.20. The number of nitrogens with zero attached hydrogens (tertiary/aromatic N) is 2. The Hall–Kier alpha value is -1.09. The molecule has 1 saturated heterocycles. The van der Waals surface area contributed by atoms with Gasteiger partial charge in [0, 0.05) is 31.4 Å². The van der Waals surface area contributed by atoms with E-state index < -0.39 is 0 Å². The lowest BCUT2D eigenvalue weighted by Gasteiger charge is -2.41. The minimum Gasteiger partial charge on any atom is -0.364 e. The molecule has 0 spiro atoms. The van der Waals surface area contributed by atoms with Crippen LogP contribution in [0, 0.1) is 6.92 Å². The average Bonchev–Trinajstić information content (AvgIpc) is 2.38. The van der Waals surface area contributed by atoms with Crippen LogP contribution in [0.5, 0.6) is 0 Å². The molecule has 94 valence electrons. The van der Waals surface area contributed by atoms with Gasteiger partial charge >= 0.3 is 0 Å². The predicted octanol–water partition coefficient (Wildman–Crippen LogP) is 2.36. The van der Waals surface area contributed by atoms with Crippen LogP contribution in [-0.4, -0.2) is 30.2 Å². The van der Waals surface area contributed by atoms with Crippen molar-refractivity contribution in [2.45, 2.75) is 45.7 Å². The Bertz CT molecular complexity index is 364. The van der Waals surface area contributed by atoms with E-state index in [9.17, 15) is 0 Å². The summed E-state index contributed by atoms with van der Waals surface area (Å²) >= 11 is 0. The largest absolute Gasteiger partial charge is 0.364 e. The van der Waals surface area contributed by atoms with E-state index in [4.69, 9.17) is 0 Å². The molecule has 2 heterocycles. The average molecular weight is 233 g/mol. The Labute approximate surface area is 104 Å². The minimum absolute atomic E-state index is 0.599. The van der Waals surface area contributed by atoms with E-state index >= 15 is 0 Å². The summed E-state index contributed by atoms with van der Waals surface area (Å²) < 4.78 is 0. The molecule has 3 nitrogen and oxygen atoms in total. The van der Waals surface area contributed by atoms with Crippen LogP contribution in [0.2, 0.25) is 0 Å². The standard InChI is InChI=1S/C14H23N3/c1-4-12-10-17(13(5-2)9-16-12)14-6-11(3)7-15-8-14/h6-8,12-13,16H,4-5,9-10H2,1-3H3. The van der Waals surface area contributed by atoms with Crippen LogP contribution in [0.15, 0.2) is 18.5 Å². The lowest BCUT2D eigenvalue weighted by Crippen LogP contribution is -2.56. The normalized spacial score (nSPS) is 25.0. The maximum Gasteiger partial charge on any atom is 0.0558 e. The molecule has 0 saturated carbocycles. The van der Waals surface area contributed by atoms with Gasteiger partial charge in [0.1, 0.15) is 0 Å². The number of nitrogens with one attached hydrogen (secondary N) is 1. The SMILES string of the molecule is CCC1CN(c2cncc(C)c2)C(CC)CN1. The maximum absolute atomic E-state index is 4.32. The van der Waals surface area contributed by atoms with Crippen molar-refractivity contribution in [3.05, 3.63) is 24.0 Å². The fraction of sp³-hybridized carbons (Fsp3) is 0.643. The van der Waals surface area contributed by atoms with Gasteiger partial charge in [0.05, 0.1) is 11.9 Å². The van der Waals surface area contributed by atoms with Crippen LogP contribution in [0.25, 0.3) is 0 Å². The molecule has 1 fully saturated rings. The van der Waals surface area contributed by atoms with E-state index in [0.717, 1.165) is 13.1 Å². The zero-order valence-electron chi connectivity index (χ0n) is 11.1. The Morgan fingerprint density at radius 2 is 2.18 bits per heavy atom. The number of hydrogen-bond acceptors (Lipinski definition) is 3. The summed E-state index contributed by atoms with van der Waals surface area (Å²) in [6.07, 6.45) is 6.28. The molecule has 1 aliphatic rings. The smallest absolute Gasteiger partial charge is 0.0558 e. The number of rotatable bonds is 3. The monoisotopic (exact) mass is 233 g/mol. The number of pyridine rings is 1. The summed E-state index contributed by atoms with van der Waals surface area (Å²) in [6.45, 7) is 8.80. The fourth-order valence-corrected chi connectivity index (χ4v) is 2.51. The van der Waals surface area contributed by atoms with Gasteiger partial charge in [-0.15, -0.1) is 0 Å². The molecule has 0 bridgehead atoms. The van der Waals surface area contributed by atoms with Crippen LogP contribution in [0.3, 0.4) is 0 Å². The second-order valence-electron chi connectivity index (χ2n) is 4.95. The van der Waals surface area contributed by atoms with E-state index in [-0.39, 0.29) is 0 Å². The number of piperazine rings is 1. The highest BCUT2D eigenvalue weighted by molar-refractivity contribution is 5.47. The number of anilines is 1. The highest BCUT2D eigenvalue weighted by Gasteiger charge is 2.26. The van der Waals surface area contributed by atoms with Gasteiger partial charge in [-0.3, -0.25) is 4.98 Å². The molecule has 2 atom stereocenters. The van der Waals surface area contributed by atoms with Crippen molar-refractivity contribution in [1.82, 2.24) is 10.3 Å². The maximum atomic E-state index is 4.32. The summed E-state index contributed by atoms with van der Waals surface area (Å²) in [6, 6.07) is 3.45. The summed E-state index contributed by atoms with van der Waals surface area (Å²) in [5, 5.41) is 3.62. The van der Waals surface area contributed by atoms with Crippen molar-refractivity contribution >= 4 is 5.69 Å². The van der Waals surface area contributed by atoms with Gasteiger partial charge in [0.2, 0.25) is 0 Å². The summed E-state index contributed by atoms with van der Waals surface area (Å²) in [7, 11) is 0. The summed E-state index contributed by atoms with van der Waals surface area (Å²) in [5.41, 5.74) is 2.51. The van der Waals surface area contributed by atoms with Crippen molar-refractivity contribution in [3.63, 3.8) is 0 Å². The van der Waals surface area contributed by atoms with Crippen molar-refractivity contribution in [2.24, 2.45) is 0 Å². The zero-order chi connectivity index (χ0) is 12.3. The van der Waals surface area contributed by atoms with Gasteiger partial charge in [-0.2, -0.15) is 0 Å².